The van der Waals surface area contributed by atoms with Gasteiger partial charge in [0.25, 0.3) is 0 Å². The van der Waals surface area contributed by atoms with E-state index in [0.29, 0.717) is 0 Å². The predicted molar refractivity (Wildman–Crippen MR) is 47.5 cm³/mol. The molecule has 5 heteroatoms. The Bertz CT molecular complexity index is 96.3. The number of halogens is 1. The van der Waals surface area contributed by atoms with Crippen LogP contribution in [0.25, 0.3) is 0 Å². The average molecular weight is 191 g/mol. The Hall–Kier alpha value is 0.977. The van der Waals surface area contributed by atoms with Gasteiger partial charge in [0.1, 0.15) is 5.88 Å². The number of carbonyl (C=O) groups is 1. The van der Waals surface area contributed by atoms with E-state index in [1.165, 1.54) is 27.0 Å². The molecule has 0 bridgehead atoms. The summed E-state index contributed by atoms with van der Waals surface area (Å²) in [6.07, 6.45) is 0. The normalized spacial score (nSPS) is 9.80. The molecule has 0 saturated heterocycles. The summed E-state index contributed by atoms with van der Waals surface area (Å²) in [6, 6.07) is 0. The molecule has 0 spiro atoms. The van der Waals surface area contributed by atoms with Gasteiger partial charge < -0.3 is 5.11 Å². The van der Waals surface area contributed by atoms with Gasteiger partial charge in [-0.2, -0.15) is 0 Å². The largest absolute Gasteiger partial charge is 0.480 e. The van der Waals surface area contributed by atoms with Gasteiger partial charge in [-0.1, -0.05) is 0 Å². The maximum absolute atomic E-state index is 9.24. The van der Waals surface area contributed by atoms with Gasteiger partial charge in [-0.15, -0.1) is 11.6 Å². The van der Waals surface area contributed by atoms with Crippen molar-refractivity contribution in [3.8, 4) is 0 Å². The summed E-state index contributed by atoms with van der Waals surface area (Å²) in [4.78, 5) is 9.24. The van der Waals surface area contributed by atoms with Crippen LogP contribution < -0.4 is 0 Å². The fraction of sp³-hybridized carbons (Fsp3) is 0.800. The molecule has 0 amide bonds. The van der Waals surface area contributed by atoms with Crippen LogP contribution in [0.4, 0.5) is 0 Å². The fourth-order valence-electron chi connectivity index (χ4n) is 0. The van der Waals surface area contributed by atoms with E-state index >= 15 is 0 Å². The van der Waals surface area contributed by atoms with Crippen LogP contribution in [0.2, 0.25) is 19.6 Å². The number of hydrogen-bond donors (Lipinski definition) is 1. The molecule has 10 heavy (non-hydrogen) atoms. The van der Waals surface area contributed by atoms with Crippen LogP contribution in [0, 0.1) is 0 Å². The van der Waals surface area contributed by atoms with Crippen molar-refractivity contribution < 1.29 is 9.90 Å². The summed E-state index contributed by atoms with van der Waals surface area (Å²) in [5.41, 5.74) is 0. The number of carboxylic acid groups (broad SMARTS) is 1. The number of alkyl halides is 1. The summed E-state index contributed by atoms with van der Waals surface area (Å²) in [5.74, 6) is -1.29. The van der Waals surface area contributed by atoms with Gasteiger partial charge in [0.05, 0.1) is 0 Å². The van der Waals surface area contributed by atoms with E-state index in [1.807, 2.05) is 0 Å². The van der Waals surface area contributed by atoms with Crippen molar-refractivity contribution in [1.29, 1.82) is 0 Å². The number of carboxylic acids is 1. The van der Waals surface area contributed by atoms with Gasteiger partial charge >= 0.3 is 57.3 Å². The van der Waals surface area contributed by atoms with E-state index < -0.39 is 10.6 Å². The van der Waals surface area contributed by atoms with Crippen LogP contribution in [0.1, 0.15) is 0 Å². The molecule has 1 N–H and O–H groups in total. The Morgan fingerprint density at radius 3 is 1.70 bits per heavy atom. The molecule has 0 radical (unpaired) electrons. The molecule has 0 saturated carbocycles. The Morgan fingerprint density at radius 2 is 1.70 bits per heavy atom. The molecule has 0 aromatic heterocycles. The maximum Gasteiger partial charge on any atom is 0.318 e. The summed E-state index contributed by atoms with van der Waals surface area (Å²) in [6.45, 7) is 7.16. The zero-order chi connectivity index (χ0) is 8.78. The van der Waals surface area contributed by atoms with Gasteiger partial charge in [0.2, 0.25) is 0 Å². The Morgan fingerprint density at radius 1 is 1.60 bits per heavy atom. The van der Waals surface area contributed by atoms with Crippen LogP contribution >= 0.6 is 11.6 Å². The van der Waals surface area contributed by atoms with Crippen molar-refractivity contribution in [2.24, 2.45) is 0 Å². The van der Waals surface area contributed by atoms with Crippen LogP contribution in [-0.2, 0) is 4.79 Å². The first-order valence-corrected chi connectivity index (χ1v) is 10.6. The van der Waals surface area contributed by atoms with Crippen LogP contribution in [0.15, 0.2) is 0 Å². The molecule has 2 nitrogen and oxygen atoms in total. The number of aliphatic carboxylic acids is 1. The quantitative estimate of drug-likeness (QED) is 0.500. The van der Waals surface area contributed by atoms with Gasteiger partial charge in [0.15, 0.2) is 0 Å². The SMILES string of the molecule is C[Si](C)(C)[Na].O=C(O)CCl. The van der Waals surface area contributed by atoms with Crippen molar-refractivity contribution in [2.75, 3.05) is 5.88 Å². The zero-order valence-corrected chi connectivity index (χ0v) is 10.7. The second kappa shape index (κ2) is 6.67. The first-order chi connectivity index (χ1) is 4.27. The van der Waals surface area contributed by atoms with Gasteiger partial charge in [-0.25, -0.2) is 0 Å². The van der Waals surface area contributed by atoms with E-state index in [4.69, 9.17) is 16.7 Å². The molecule has 0 heterocycles. The summed E-state index contributed by atoms with van der Waals surface area (Å²) >= 11 is 6.18. The van der Waals surface area contributed by atoms with E-state index in [-0.39, 0.29) is 5.88 Å². The topological polar surface area (TPSA) is 37.3 Å². The number of hydrogen-bond acceptors (Lipinski definition) is 1. The molecular formula is C5H12ClNaO2Si. The second-order valence-electron chi connectivity index (χ2n) is 3.53. The number of rotatable bonds is 1. The minimum absolute atomic E-state index is 0.306. The molecule has 0 atom stereocenters. The summed E-state index contributed by atoms with van der Waals surface area (Å²) in [5, 5.41) is 7.59. The minimum atomic E-state index is -0.980. The predicted octanol–water partition coefficient (Wildman–Crippen LogP) is 1.30. The summed E-state index contributed by atoms with van der Waals surface area (Å²) < 4.78 is -0.472. The van der Waals surface area contributed by atoms with Crippen LogP contribution in [0.3, 0.4) is 0 Å². The van der Waals surface area contributed by atoms with Crippen molar-refractivity contribution >= 4 is 49.2 Å². The Balaban J connectivity index is 0. The first kappa shape index (κ1) is 13.6. The van der Waals surface area contributed by atoms with Gasteiger partial charge in [-0.3, -0.25) is 4.79 Å². The minimum Gasteiger partial charge on any atom is -0.480 e. The van der Waals surface area contributed by atoms with E-state index in [0.717, 1.165) is 0 Å². The fourth-order valence-corrected chi connectivity index (χ4v) is 0. The standard InChI is InChI=1S/C3H9Si.C2H3ClO2.Na/c1-4(2)3;3-1-2(4)5;/h1-3H3;1H2,(H,4,5);. The van der Waals surface area contributed by atoms with E-state index in [2.05, 4.69) is 19.6 Å². The van der Waals surface area contributed by atoms with Crippen LogP contribution in [-0.4, -0.2) is 48.6 Å². The van der Waals surface area contributed by atoms with E-state index in [1.54, 1.807) is 0 Å². The Kier molecular flexibility index (Phi) is 9.05. The molecule has 0 aromatic carbocycles. The molecule has 0 rings (SSSR count). The molecule has 0 aliphatic heterocycles. The molecule has 56 valence electrons. The Labute approximate surface area is 84.2 Å². The van der Waals surface area contributed by atoms with Crippen molar-refractivity contribution in [3.05, 3.63) is 0 Å². The van der Waals surface area contributed by atoms with Crippen molar-refractivity contribution in [2.45, 2.75) is 19.6 Å². The third-order valence-electron chi connectivity index (χ3n) is 0.114. The average Bonchev–Trinajstić information content (AvgIpc) is 1.61. The van der Waals surface area contributed by atoms with Gasteiger partial charge in [-0.05, 0) is 0 Å². The maximum atomic E-state index is 9.24. The molecule has 0 aliphatic carbocycles. The molecule has 0 aromatic rings. The van der Waals surface area contributed by atoms with Crippen LogP contribution in [0.5, 0.6) is 0 Å². The second-order valence-corrected chi connectivity index (χ2v) is 18.8. The van der Waals surface area contributed by atoms with Gasteiger partial charge in [0, 0.05) is 0 Å². The zero-order valence-electron chi connectivity index (χ0n) is 6.94. The molecule has 0 fully saturated rings. The van der Waals surface area contributed by atoms with Crippen molar-refractivity contribution in [1.82, 2.24) is 0 Å². The molecule has 0 unspecified atom stereocenters. The molecule has 0 aliphatic rings. The monoisotopic (exact) mass is 190 g/mol. The third kappa shape index (κ3) is 64.5. The van der Waals surface area contributed by atoms with Crippen molar-refractivity contribution in [3.63, 3.8) is 0 Å². The smallest absolute Gasteiger partial charge is 0.318 e. The first-order valence-electron chi connectivity index (χ1n) is 3.05. The summed E-state index contributed by atoms with van der Waals surface area (Å²) in [7, 11) is 0. The molecular weight excluding hydrogens is 179 g/mol. The van der Waals surface area contributed by atoms with E-state index in [9.17, 15) is 4.79 Å². The third-order valence-corrected chi connectivity index (χ3v) is 0.343.